The fourth-order valence-electron chi connectivity index (χ4n) is 1.47. The van der Waals surface area contributed by atoms with E-state index < -0.39 is 0 Å². The zero-order valence-electron chi connectivity index (χ0n) is 7.42. The van der Waals surface area contributed by atoms with E-state index in [-0.39, 0.29) is 24.0 Å². The Labute approximate surface area is 77.6 Å². The average Bonchev–Trinajstić information content (AvgIpc) is 2.01. The van der Waals surface area contributed by atoms with E-state index in [9.17, 15) is 4.79 Å². The molecule has 1 heterocycles. The van der Waals surface area contributed by atoms with E-state index in [4.69, 9.17) is 16.3 Å². The van der Waals surface area contributed by atoms with Gasteiger partial charge in [-0.05, 0) is 13.8 Å². The standard InChI is InChI=1S/C8H14ClNO2/c1-6-4-10(8(11)3-9)5-7(2)12-6/h6-7H,3-5H2,1-2H3/t6-,7+. The number of nitrogens with zero attached hydrogens (tertiary/aromatic N) is 1. The predicted octanol–water partition coefficient (Wildman–Crippen LogP) is 0.861. The number of amides is 1. The Hall–Kier alpha value is -0.280. The highest BCUT2D eigenvalue weighted by atomic mass is 35.5. The molecule has 0 spiro atoms. The normalized spacial score (nSPS) is 30.4. The van der Waals surface area contributed by atoms with Crippen LogP contribution in [0, 0.1) is 0 Å². The van der Waals surface area contributed by atoms with E-state index in [2.05, 4.69) is 0 Å². The molecule has 1 aliphatic rings. The van der Waals surface area contributed by atoms with Gasteiger partial charge in [0.1, 0.15) is 5.88 Å². The number of hydrogen-bond donors (Lipinski definition) is 0. The van der Waals surface area contributed by atoms with Gasteiger partial charge in [0.2, 0.25) is 5.91 Å². The Bertz CT molecular complexity index is 164. The lowest BCUT2D eigenvalue weighted by Crippen LogP contribution is -2.48. The highest BCUT2D eigenvalue weighted by molar-refractivity contribution is 6.27. The van der Waals surface area contributed by atoms with E-state index in [0.717, 1.165) is 0 Å². The maximum atomic E-state index is 11.2. The lowest BCUT2D eigenvalue weighted by molar-refractivity contribution is -0.140. The number of hydrogen-bond acceptors (Lipinski definition) is 2. The first-order chi connectivity index (χ1) is 5.63. The molecule has 70 valence electrons. The number of carbonyl (C=O) groups excluding carboxylic acids is 1. The van der Waals surface area contributed by atoms with Crippen LogP contribution in [0.1, 0.15) is 13.8 Å². The molecule has 0 aromatic rings. The van der Waals surface area contributed by atoms with Crippen LogP contribution in [0.25, 0.3) is 0 Å². The quantitative estimate of drug-likeness (QED) is 0.576. The Morgan fingerprint density at radius 3 is 2.42 bits per heavy atom. The van der Waals surface area contributed by atoms with Crippen LogP contribution >= 0.6 is 11.6 Å². The lowest BCUT2D eigenvalue weighted by atomic mass is 10.2. The van der Waals surface area contributed by atoms with E-state index in [0.29, 0.717) is 13.1 Å². The van der Waals surface area contributed by atoms with Crippen LogP contribution in [-0.4, -0.2) is 42.0 Å². The first-order valence-corrected chi connectivity index (χ1v) is 4.66. The Kier molecular flexibility index (Phi) is 3.35. The summed E-state index contributed by atoms with van der Waals surface area (Å²) in [6.07, 6.45) is 0.252. The Morgan fingerprint density at radius 2 is 2.00 bits per heavy atom. The van der Waals surface area contributed by atoms with E-state index >= 15 is 0 Å². The van der Waals surface area contributed by atoms with Crippen LogP contribution in [-0.2, 0) is 9.53 Å². The van der Waals surface area contributed by atoms with Gasteiger partial charge < -0.3 is 9.64 Å². The highest BCUT2D eigenvalue weighted by Crippen LogP contribution is 2.10. The minimum atomic E-state index is -0.00123. The summed E-state index contributed by atoms with van der Waals surface area (Å²) in [5.74, 6) is 0.0677. The molecule has 1 fully saturated rings. The molecule has 1 amide bonds. The largest absolute Gasteiger partial charge is 0.372 e. The molecular formula is C8H14ClNO2. The van der Waals surface area contributed by atoms with E-state index in [1.54, 1.807) is 4.90 Å². The Balaban J connectivity index is 2.49. The van der Waals surface area contributed by atoms with Gasteiger partial charge in [0.25, 0.3) is 0 Å². The summed E-state index contributed by atoms with van der Waals surface area (Å²) in [7, 11) is 0. The van der Waals surface area contributed by atoms with Gasteiger partial charge in [-0.15, -0.1) is 11.6 Å². The van der Waals surface area contributed by atoms with Gasteiger partial charge >= 0.3 is 0 Å². The number of carbonyl (C=O) groups is 1. The van der Waals surface area contributed by atoms with Gasteiger partial charge in [0, 0.05) is 13.1 Å². The van der Waals surface area contributed by atoms with Crippen molar-refractivity contribution in [2.75, 3.05) is 19.0 Å². The molecule has 0 bridgehead atoms. The maximum absolute atomic E-state index is 11.2. The van der Waals surface area contributed by atoms with Gasteiger partial charge in [0.15, 0.2) is 0 Å². The second kappa shape index (κ2) is 4.10. The van der Waals surface area contributed by atoms with Crippen molar-refractivity contribution in [1.82, 2.24) is 4.90 Å². The van der Waals surface area contributed by atoms with Crippen LogP contribution in [0.4, 0.5) is 0 Å². The van der Waals surface area contributed by atoms with Gasteiger partial charge in [-0.25, -0.2) is 0 Å². The van der Waals surface area contributed by atoms with Gasteiger partial charge in [-0.2, -0.15) is 0 Å². The molecule has 1 aliphatic heterocycles. The van der Waals surface area contributed by atoms with Crippen molar-refractivity contribution in [3.8, 4) is 0 Å². The van der Waals surface area contributed by atoms with Gasteiger partial charge in [0.05, 0.1) is 12.2 Å². The van der Waals surface area contributed by atoms with Crippen molar-refractivity contribution < 1.29 is 9.53 Å². The molecule has 4 heteroatoms. The zero-order valence-corrected chi connectivity index (χ0v) is 8.17. The summed E-state index contributed by atoms with van der Waals surface area (Å²) >= 11 is 5.45. The molecule has 0 aliphatic carbocycles. The van der Waals surface area contributed by atoms with Crippen LogP contribution in [0.3, 0.4) is 0 Å². The van der Waals surface area contributed by atoms with Crippen molar-refractivity contribution in [3.63, 3.8) is 0 Å². The number of alkyl halides is 1. The molecule has 0 saturated carbocycles. The van der Waals surface area contributed by atoms with E-state index in [1.807, 2.05) is 13.8 Å². The second-order valence-corrected chi connectivity index (χ2v) is 3.46. The summed E-state index contributed by atoms with van der Waals surface area (Å²) in [6.45, 7) is 5.25. The molecule has 0 radical (unpaired) electrons. The first-order valence-electron chi connectivity index (χ1n) is 4.12. The molecule has 0 N–H and O–H groups in total. The molecule has 0 unspecified atom stereocenters. The minimum Gasteiger partial charge on any atom is -0.372 e. The number of rotatable bonds is 1. The molecular weight excluding hydrogens is 178 g/mol. The molecule has 0 aromatic carbocycles. The fourth-order valence-corrected chi connectivity index (χ4v) is 1.64. The predicted molar refractivity (Wildman–Crippen MR) is 47.3 cm³/mol. The number of halogens is 1. The van der Waals surface area contributed by atoms with Crippen LogP contribution in [0.5, 0.6) is 0 Å². The van der Waals surface area contributed by atoms with Gasteiger partial charge in [-0.3, -0.25) is 4.79 Å². The minimum absolute atomic E-state index is 0.00123. The summed E-state index contributed by atoms with van der Waals surface area (Å²) < 4.78 is 5.47. The highest BCUT2D eigenvalue weighted by Gasteiger charge is 2.24. The molecule has 3 nitrogen and oxygen atoms in total. The van der Waals surface area contributed by atoms with Gasteiger partial charge in [-0.1, -0.05) is 0 Å². The fraction of sp³-hybridized carbons (Fsp3) is 0.875. The lowest BCUT2D eigenvalue weighted by Gasteiger charge is -2.34. The maximum Gasteiger partial charge on any atom is 0.237 e. The topological polar surface area (TPSA) is 29.5 Å². The number of morpholine rings is 1. The van der Waals surface area contributed by atoms with Crippen molar-refractivity contribution in [3.05, 3.63) is 0 Å². The third-order valence-corrected chi connectivity index (χ3v) is 2.12. The van der Waals surface area contributed by atoms with Crippen LogP contribution in [0.15, 0.2) is 0 Å². The molecule has 2 atom stereocenters. The molecule has 1 rings (SSSR count). The average molecular weight is 192 g/mol. The Morgan fingerprint density at radius 1 is 1.50 bits per heavy atom. The van der Waals surface area contributed by atoms with Crippen molar-refractivity contribution in [2.24, 2.45) is 0 Å². The summed E-state index contributed by atoms with van der Waals surface area (Å²) in [5, 5.41) is 0. The molecule has 1 saturated heterocycles. The van der Waals surface area contributed by atoms with Crippen molar-refractivity contribution >= 4 is 17.5 Å². The van der Waals surface area contributed by atoms with Crippen molar-refractivity contribution in [2.45, 2.75) is 26.1 Å². The second-order valence-electron chi connectivity index (χ2n) is 3.19. The first kappa shape index (κ1) is 9.81. The number of ether oxygens (including phenoxy) is 1. The van der Waals surface area contributed by atoms with Crippen molar-refractivity contribution in [1.29, 1.82) is 0 Å². The molecule has 0 aromatic heterocycles. The van der Waals surface area contributed by atoms with Crippen LogP contribution in [0.2, 0.25) is 0 Å². The molecule has 12 heavy (non-hydrogen) atoms. The van der Waals surface area contributed by atoms with E-state index in [1.165, 1.54) is 0 Å². The third-order valence-electron chi connectivity index (χ3n) is 1.89. The third kappa shape index (κ3) is 2.35. The van der Waals surface area contributed by atoms with Crippen LogP contribution < -0.4 is 0 Å². The summed E-state index contributed by atoms with van der Waals surface area (Å²) in [4.78, 5) is 13.0. The zero-order chi connectivity index (χ0) is 9.14. The monoisotopic (exact) mass is 191 g/mol. The summed E-state index contributed by atoms with van der Waals surface area (Å²) in [5.41, 5.74) is 0. The SMILES string of the molecule is C[C@@H]1CN(C(=O)CCl)C[C@H](C)O1. The smallest absolute Gasteiger partial charge is 0.237 e. The summed E-state index contributed by atoms with van der Waals surface area (Å²) in [6, 6.07) is 0.